The fourth-order valence-corrected chi connectivity index (χ4v) is 2.58. The van der Waals surface area contributed by atoms with E-state index in [1.54, 1.807) is 24.3 Å². The number of fused-ring (bicyclic) bond motifs is 1. The first kappa shape index (κ1) is 12.7. The molecule has 3 nitrogen and oxygen atoms in total. The van der Waals surface area contributed by atoms with E-state index in [0.717, 1.165) is 12.1 Å². The molecule has 1 aliphatic rings. The van der Waals surface area contributed by atoms with Gasteiger partial charge in [0.15, 0.2) is 5.60 Å². The van der Waals surface area contributed by atoms with Crippen LogP contribution in [0.3, 0.4) is 0 Å². The summed E-state index contributed by atoms with van der Waals surface area (Å²) < 4.78 is 26.8. The van der Waals surface area contributed by atoms with E-state index in [1.807, 2.05) is 0 Å². The minimum Gasteiger partial charge on any atom is -0.372 e. The molecular formula is C15H11F2NO2. The van der Waals surface area contributed by atoms with Crippen molar-refractivity contribution in [3.05, 3.63) is 65.2 Å². The van der Waals surface area contributed by atoms with Gasteiger partial charge in [0.25, 0.3) is 5.91 Å². The number of likely N-dealkylation sites (N-methyl/N-ethyl adjacent to an activating group) is 1. The molecule has 0 saturated heterocycles. The Morgan fingerprint density at radius 2 is 1.70 bits per heavy atom. The summed E-state index contributed by atoms with van der Waals surface area (Å²) in [6, 6.07) is 9.25. The molecule has 0 aromatic heterocycles. The number of halogens is 2. The Labute approximate surface area is 114 Å². The third-order valence-corrected chi connectivity index (χ3v) is 3.55. The van der Waals surface area contributed by atoms with Gasteiger partial charge in [-0.15, -0.1) is 0 Å². The first-order chi connectivity index (χ1) is 9.44. The van der Waals surface area contributed by atoms with Crippen LogP contribution in [0.4, 0.5) is 14.5 Å². The van der Waals surface area contributed by atoms with Gasteiger partial charge in [-0.05, 0) is 18.2 Å². The molecule has 0 spiro atoms. The van der Waals surface area contributed by atoms with Gasteiger partial charge >= 0.3 is 0 Å². The average Bonchev–Trinajstić information content (AvgIpc) is 2.62. The van der Waals surface area contributed by atoms with Crippen LogP contribution in [0.25, 0.3) is 0 Å². The van der Waals surface area contributed by atoms with Crippen molar-refractivity contribution < 1.29 is 18.7 Å². The first-order valence-corrected chi connectivity index (χ1v) is 6.01. The average molecular weight is 275 g/mol. The molecule has 1 aliphatic heterocycles. The number of amides is 1. The zero-order valence-electron chi connectivity index (χ0n) is 10.6. The van der Waals surface area contributed by atoms with Gasteiger partial charge in [-0.1, -0.05) is 18.2 Å². The normalized spacial score (nSPS) is 21.2. The summed E-state index contributed by atoms with van der Waals surface area (Å²) >= 11 is 0. The van der Waals surface area contributed by atoms with Crippen LogP contribution in [0, 0.1) is 11.6 Å². The number of para-hydroxylation sites is 1. The largest absolute Gasteiger partial charge is 0.372 e. The minimum atomic E-state index is -2.06. The molecule has 1 N–H and O–H groups in total. The Balaban J connectivity index is 2.28. The maximum atomic E-state index is 13.4. The summed E-state index contributed by atoms with van der Waals surface area (Å²) in [5.41, 5.74) is -1.34. The SMILES string of the molecule is CN1C(=O)C(O)(c2cc(F)cc(F)c2)c2ccccc21. The number of carbonyl (C=O) groups excluding carboxylic acids is 1. The maximum Gasteiger partial charge on any atom is 0.268 e. The fourth-order valence-electron chi connectivity index (χ4n) is 2.58. The Morgan fingerprint density at radius 3 is 2.35 bits per heavy atom. The summed E-state index contributed by atoms with van der Waals surface area (Å²) in [6.07, 6.45) is 0. The molecule has 0 aliphatic carbocycles. The molecule has 20 heavy (non-hydrogen) atoms. The van der Waals surface area contributed by atoms with Crippen molar-refractivity contribution in [1.82, 2.24) is 0 Å². The number of aliphatic hydroxyl groups is 1. The predicted molar refractivity (Wildman–Crippen MR) is 69.2 cm³/mol. The highest BCUT2D eigenvalue weighted by Gasteiger charge is 2.50. The molecule has 3 rings (SSSR count). The van der Waals surface area contributed by atoms with Gasteiger partial charge in [0.2, 0.25) is 0 Å². The number of benzene rings is 2. The number of nitrogens with zero attached hydrogens (tertiary/aromatic N) is 1. The van der Waals surface area contributed by atoms with E-state index in [1.165, 1.54) is 11.9 Å². The van der Waals surface area contributed by atoms with Gasteiger partial charge in [0.05, 0.1) is 5.69 Å². The van der Waals surface area contributed by atoms with Gasteiger partial charge in [-0.3, -0.25) is 4.79 Å². The third kappa shape index (κ3) is 1.56. The lowest BCUT2D eigenvalue weighted by Crippen LogP contribution is -2.39. The van der Waals surface area contributed by atoms with Gasteiger partial charge in [0, 0.05) is 24.2 Å². The molecule has 1 amide bonds. The van der Waals surface area contributed by atoms with Crippen molar-refractivity contribution in [3.63, 3.8) is 0 Å². The van der Waals surface area contributed by atoms with Gasteiger partial charge < -0.3 is 10.0 Å². The molecule has 0 bridgehead atoms. The van der Waals surface area contributed by atoms with Crippen molar-refractivity contribution in [3.8, 4) is 0 Å². The van der Waals surface area contributed by atoms with E-state index in [2.05, 4.69) is 0 Å². The highest BCUT2D eigenvalue weighted by Crippen LogP contribution is 2.43. The van der Waals surface area contributed by atoms with E-state index in [4.69, 9.17) is 0 Å². The molecule has 0 fully saturated rings. The summed E-state index contributed by atoms with van der Waals surface area (Å²) in [5.74, 6) is -2.31. The second-order valence-electron chi connectivity index (χ2n) is 4.75. The molecule has 5 heteroatoms. The molecule has 102 valence electrons. The van der Waals surface area contributed by atoms with Crippen molar-refractivity contribution >= 4 is 11.6 Å². The van der Waals surface area contributed by atoms with Crippen LogP contribution in [0.15, 0.2) is 42.5 Å². The molecule has 1 unspecified atom stereocenters. The molecule has 1 atom stereocenters. The van der Waals surface area contributed by atoms with Crippen LogP contribution >= 0.6 is 0 Å². The van der Waals surface area contributed by atoms with Crippen LogP contribution < -0.4 is 4.90 Å². The number of rotatable bonds is 1. The molecule has 0 saturated carbocycles. The smallest absolute Gasteiger partial charge is 0.268 e. The zero-order valence-corrected chi connectivity index (χ0v) is 10.6. The highest BCUT2D eigenvalue weighted by atomic mass is 19.1. The lowest BCUT2D eigenvalue weighted by Gasteiger charge is -2.22. The minimum absolute atomic E-state index is 0.114. The van der Waals surface area contributed by atoms with Crippen LogP contribution in [0.5, 0.6) is 0 Å². The van der Waals surface area contributed by atoms with Gasteiger partial charge in [0.1, 0.15) is 11.6 Å². The van der Waals surface area contributed by atoms with Crippen molar-refractivity contribution in [2.24, 2.45) is 0 Å². The van der Waals surface area contributed by atoms with Crippen LogP contribution in [0.1, 0.15) is 11.1 Å². The molecule has 0 radical (unpaired) electrons. The molecular weight excluding hydrogens is 264 g/mol. The van der Waals surface area contributed by atoms with Gasteiger partial charge in [-0.2, -0.15) is 0 Å². The standard InChI is InChI=1S/C15H11F2NO2/c1-18-13-5-3-2-4-12(13)15(20,14(18)19)9-6-10(16)8-11(17)7-9/h2-8,20H,1H3. The number of hydrogen-bond acceptors (Lipinski definition) is 2. The summed E-state index contributed by atoms with van der Waals surface area (Å²) in [5, 5.41) is 10.8. The third-order valence-electron chi connectivity index (χ3n) is 3.55. The molecule has 1 heterocycles. The summed E-state index contributed by atoms with van der Waals surface area (Å²) in [7, 11) is 1.51. The quantitative estimate of drug-likeness (QED) is 0.866. The van der Waals surface area contributed by atoms with E-state index < -0.39 is 23.1 Å². The van der Waals surface area contributed by atoms with E-state index in [-0.39, 0.29) is 5.56 Å². The predicted octanol–water partition coefficient (Wildman–Crippen LogP) is 2.18. The monoisotopic (exact) mass is 275 g/mol. The van der Waals surface area contributed by atoms with Crippen LogP contribution in [-0.2, 0) is 10.4 Å². The second kappa shape index (κ2) is 4.11. The number of carbonyl (C=O) groups is 1. The highest BCUT2D eigenvalue weighted by molar-refractivity contribution is 6.08. The first-order valence-electron chi connectivity index (χ1n) is 6.01. The zero-order chi connectivity index (χ0) is 14.5. The van der Waals surface area contributed by atoms with E-state index >= 15 is 0 Å². The Bertz CT molecular complexity index is 697. The molecule has 2 aromatic rings. The number of anilines is 1. The van der Waals surface area contributed by atoms with E-state index in [0.29, 0.717) is 17.3 Å². The topological polar surface area (TPSA) is 40.5 Å². The van der Waals surface area contributed by atoms with Crippen molar-refractivity contribution in [2.45, 2.75) is 5.60 Å². The fraction of sp³-hybridized carbons (Fsp3) is 0.133. The van der Waals surface area contributed by atoms with Crippen LogP contribution in [-0.4, -0.2) is 18.1 Å². The second-order valence-corrected chi connectivity index (χ2v) is 4.75. The summed E-state index contributed by atoms with van der Waals surface area (Å²) in [6.45, 7) is 0. The van der Waals surface area contributed by atoms with E-state index in [9.17, 15) is 18.7 Å². The maximum absolute atomic E-state index is 13.4. The lowest BCUT2D eigenvalue weighted by molar-refractivity contribution is -0.131. The summed E-state index contributed by atoms with van der Waals surface area (Å²) in [4.78, 5) is 13.6. The lowest BCUT2D eigenvalue weighted by atomic mass is 9.87. The van der Waals surface area contributed by atoms with Crippen molar-refractivity contribution in [1.29, 1.82) is 0 Å². The Hall–Kier alpha value is -2.27. The van der Waals surface area contributed by atoms with Gasteiger partial charge in [-0.25, -0.2) is 8.78 Å². The van der Waals surface area contributed by atoms with Crippen LogP contribution in [0.2, 0.25) is 0 Å². The van der Waals surface area contributed by atoms with Crippen molar-refractivity contribution in [2.75, 3.05) is 11.9 Å². The Morgan fingerprint density at radius 1 is 1.10 bits per heavy atom. The molecule has 2 aromatic carbocycles. The number of hydrogen-bond donors (Lipinski definition) is 1. The Kier molecular flexibility index (Phi) is 2.62.